The standard InChI is InChI=1S/C48H33NO/c1-3-14-32(4-2)35-25-28-45-42(29-35)39-19-10-8-17-37(39)38-18-9-11-20-40(38)43-30-44-41-21-12-13-22-47(41)50-48(44)31-46(43)49(45)36-26-23-34(24-27-36)33-15-6-5-7-16-33/h3-31H,1-2H2/b32-14+. The molecular formula is C48H33NO. The minimum atomic E-state index is 0.853. The number of benzene rings is 7. The van der Waals surface area contributed by atoms with Gasteiger partial charge in [-0.3, -0.25) is 0 Å². The molecule has 0 radical (unpaired) electrons. The fourth-order valence-electron chi connectivity index (χ4n) is 7.44. The zero-order valence-electron chi connectivity index (χ0n) is 27.5. The first kappa shape index (κ1) is 29.5. The molecular weight excluding hydrogens is 607 g/mol. The Kier molecular flexibility index (Phi) is 7.14. The van der Waals surface area contributed by atoms with Crippen LogP contribution < -0.4 is 0 Å². The van der Waals surface area contributed by atoms with Gasteiger partial charge in [0, 0.05) is 33.3 Å². The van der Waals surface area contributed by atoms with Crippen molar-refractivity contribution < 1.29 is 4.42 Å². The monoisotopic (exact) mass is 639 g/mol. The number of hydrogen-bond donors (Lipinski definition) is 0. The molecule has 0 aliphatic heterocycles. The van der Waals surface area contributed by atoms with Crippen molar-refractivity contribution in [2.75, 3.05) is 0 Å². The summed E-state index contributed by atoms with van der Waals surface area (Å²) in [5.74, 6) is 0. The maximum atomic E-state index is 6.56. The van der Waals surface area contributed by atoms with E-state index in [-0.39, 0.29) is 0 Å². The Hall–Kier alpha value is -6.64. The lowest BCUT2D eigenvalue weighted by Crippen LogP contribution is -1.98. The van der Waals surface area contributed by atoms with E-state index in [0.29, 0.717) is 0 Å². The van der Waals surface area contributed by atoms with Crippen molar-refractivity contribution in [3.8, 4) is 16.8 Å². The van der Waals surface area contributed by atoms with E-state index in [1.165, 1.54) is 27.3 Å². The van der Waals surface area contributed by atoms with Crippen LogP contribution in [0.2, 0.25) is 0 Å². The quantitative estimate of drug-likeness (QED) is 0.171. The van der Waals surface area contributed by atoms with E-state index in [1.54, 1.807) is 0 Å². The van der Waals surface area contributed by atoms with Crippen LogP contribution in [-0.4, -0.2) is 4.57 Å². The van der Waals surface area contributed by atoms with Crippen LogP contribution in [0.4, 0.5) is 0 Å². The fraction of sp³-hybridized carbons (Fsp3) is 0. The molecule has 0 bridgehead atoms. The van der Waals surface area contributed by atoms with Gasteiger partial charge in [-0.05, 0) is 80.2 Å². The lowest BCUT2D eigenvalue weighted by atomic mass is 9.98. The van der Waals surface area contributed by atoms with Gasteiger partial charge in [0.2, 0.25) is 0 Å². The summed E-state index contributed by atoms with van der Waals surface area (Å²) < 4.78 is 8.96. The first-order valence-electron chi connectivity index (χ1n) is 16.9. The predicted molar refractivity (Wildman–Crippen MR) is 215 cm³/mol. The van der Waals surface area contributed by atoms with Crippen molar-refractivity contribution in [3.63, 3.8) is 0 Å². The molecule has 2 heterocycles. The highest BCUT2D eigenvalue weighted by Crippen LogP contribution is 2.39. The Morgan fingerprint density at radius 2 is 1.04 bits per heavy atom. The van der Waals surface area contributed by atoms with E-state index in [9.17, 15) is 0 Å². The van der Waals surface area contributed by atoms with Gasteiger partial charge in [-0.15, -0.1) is 0 Å². The van der Waals surface area contributed by atoms with E-state index >= 15 is 0 Å². The third-order valence-corrected chi connectivity index (χ3v) is 9.78. The van der Waals surface area contributed by atoms with Gasteiger partial charge >= 0.3 is 0 Å². The molecule has 9 aromatic rings. The molecule has 0 amide bonds. The van der Waals surface area contributed by atoms with Crippen LogP contribution in [0.25, 0.3) is 87.7 Å². The van der Waals surface area contributed by atoms with Gasteiger partial charge in [0.15, 0.2) is 0 Å². The molecule has 0 aliphatic rings. The van der Waals surface area contributed by atoms with Crippen molar-refractivity contribution in [1.82, 2.24) is 4.57 Å². The van der Waals surface area contributed by atoms with E-state index in [4.69, 9.17) is 4.42 Å². The first-order valence-corrected chi connectivity index (χ1v) is 16.9. The molecule has 0 N–H and O–H groups in total. The topological polar surface area (TPSA) is 18.1 Å². The second-order valence-corrected chi connectivity index (χ2v) is 12.6. The van der Waals surface area contributed by atoms with Gasteiger partial charge in [0.05, 0.1) is 11.0 Å². The third kappa shape index (κ3) is 4.81. The largest absolute Gasteiger partial charge is 0.456 e. The second-order valence-electron chi connectivity index (χ2n) is 12.6. The van der Waals surface area contributed by atoms with Gasteiger partial charge in [-0.2, -0.15) is 0 Å². The number of furan rings is 1. The van der Waals surface area contributed by atoms with Crippen LogP contribution in [0.5, 0.6) is 0 Å². The molecule has 9 rings (SSSR count). The molecule has 2 aromatic heterocycles. The molecule has 0 aliphatic carbocycles. The summed E-state index contributed by atoms with van der Waals surface area (Å²) in [4.78, 5) is 0. The summed E-state index contributed by atoms with van der Waals surface area (Å²) in [7, 11) is 0. The number of rotatable bonds is 5. The molecule has 0 saturated carbocycles. The molecule has 0 saturated heterocycles. The number of hydrogen-bond acceptors (Lipinski definition) is 1. The predicted octanol–water partition coefficient (Wildman–Crippen LogP) is 13.5. The minimum Gasteiger partial charge on any atom is -0.456 e. The van der Waals surface area contributed by atoms with Crippen molar-refractivity contribution in [2.45, 2.75) is 0 Å². The fourth-order valence-corrected chi connectivity index (χ4v) is 7.44. The number of allylic oxidation sites excluding steroid dienone is 4. The normalized spacial score (nSPS) is 11.9. The molecule has 0 unspecified atom stereocenters. The molecule has 0 atom stereocenters. The van der Waals surface area contributed by atoms with Gasteiger partial charge in [0.25, 0.3) is 0 Å². The Morgan fingerprint density at radius 3 is 1.70 bits per heavy atom. The van der Waals surface area contributed by atoms with Crippen molar-refractivity contribution in [3.05, 3.63) is 195 Å². The Balaban J connectivity index is 1.55. The van der Waals surface area contributed by atoms with Crippen molar-refractivity contribution >= 4 is 70.9 Å². The lowest BCUT2D eigenvalue weighted by Gasteiger charge is -2.15. The van der Waals surface area contributed by atoms with Gasteiger partial charge in [-0.25, -0.2) is 0 Å². The molecule has 236 valence electrons. The maximum absolute atomic E-state index is 6.56. The highest BCUT2D eigenvalue weighted by molar-refractivity contribution is 6.22. The summed E-state index contributed by atoms with van der Waals surface area (Å²) in [5.41, 5.74) is 9.35. The summed E-state index contributed by atoms with van der Waals surface area (Å²) >= 11 is 0. The summed E-state index contributed by atoms with van der Waals surface area (Å²) in [6.07, 6.45) is 5.73. The minimum absolute atomic E-state index is 0.853. The van der Waals surface area contributed by atoms with Gasteiger partial charge < -0.3 is 8.98 Å². The number of aromatic nitrogens is 1. The van der Waals surface area contributed by atoms with Crippen LogP contribution in [0, 0.1) is 0 Å². The van der Waals surface area contributed by atoms with E-state index < -0.39 is 0 Å². The zero-order chi connectivity index (χ0) is 33.6. The van der Waals surface area contributed by atoms with Crippen LogP contribution in [0.3, 0.4) is 0 Å². The van der Waals surface area contributed by atoms with Crippen molar-refractivity contribution in [2.24, 2.45) is 0 Å². The zero-order valence-corrected chi connectivity index (χ0v) is 27.5. The van der Waals surface area contributed by atoms with Crippen LogP contribution in [0.1, 0.15) is 5.56 Å². The SMILES string of the molecule is C=C/C=C(\C=C)c1ccc2c(c1)c1ccccc1c1ccccc1c1cc3c(cc1n2-c1ccc(-c2ccccc2)cc1)oc1ccccc13. The van der Waals surface area contributed by atoms with Crippen LogP contribution in [-0.2, 0) is 0 Å². The van der Waals surface area contributed by atoms with E-state index in [1.807, 2.05) is 30.4 Å². The van der Waals surface area contributed by atoms with E-state index in [2.05, 4.69) is 163 Å². The second kappa shape index (κ2) is 12.1. The molecule has 50 heavy (non-hydrogen) atoms. The molecule has 0 fully saturated rings. The smallest absolute Gasteiger partial charge is 0.137 e. The molecule has 2 heteroatoms. The van der Waals surface area contributed by atoms with E-state index in [0.717, 1.165) is 66.0 Å². The first-order chi connectivity index (χ1) is 24.7. The summed E-state index contributed by atoms with van der Waals surface area (Å²) in [5, 5.41) is 9.15. The highest BCUT2D eigenvalue weighted by Gasteiger charge is 2.15. The maximum Gasteiger partial charge on any atom is 0.137 e. The van der Waals surface area contributed by atoms with Crippen molar-refractivity contribution in [1.29, 1.82) is 0 Å². The number of nitrogens with zero attached hydrogens (tertiary/aromatic N) is 1. The molecule has 7 aromatic carbocycles. The lowest BCUT2D eigenvalue weighted by molar-refractivity contribution is 0.669. The summed E-state index contributed by atoms with van der Waals surface area (Å²) in [6.45, 7) is 8.09. The Labute approximate surface area is 290 Å². The third-order valence-electron chi connectivity index (χ3n) is 9.78. The average Bonchev–Trinajstić information content (AvgIpc) is 3.56. The Bertz CT molecular complexity index is 2880. The summed E-state index contributed by atoms with van der Waals surface area (Å²) in [6, 6.07) is 56.6. The Morgan fingerprint density at radius 1 is 0.460 bits per heavy atom. The average molecular weight is 640 g/mol. The highest BCUT2D eigenvalue weighted by atomic mass is 16.3. The van der Waals surface area contributed by atoms with Crippen LogP contribution >= 0.6 is 0 Å². The number of fused-ring (bicyclic) bond motifs is 10. The molecule has 2 nitrogen and oxygen atoms in total. The molecule has 0 spiro atoms. The van der Waals surface area contributed by atoms with Crippen LogP contribution in [0.15, 0.2) is 194 Å². The van der Waals surface area contributed by atoms with Gasteiger partial charge in [0.1, 0.15) is 11.2 Å². The van der Waals surface area contributed by atoms with Gasteiger partial charge in [-0.1, -0.05) is 147 Å². The number of para-hydroxylation sites is 1.